The van der Waals surface area contributed by atoms with Crippen LogP contribution in [0.15, 0.2) is 5.16 Å². The van der Waals surface area contributed by atoms with Crippen LogP contribution in [0.2, 0.25) is 0 Å². The summed E-state index contributed by atoms with van der Waals surface area (Å²) in [6, 6.07) is 0. The zero-order chi connectivity index (χ0) is 9.94. The first-order chi connectivity index (χ1) is 6.35. The molecule has 78 valence electrons. The molecule has 0 aromatic rings. The Kier molecular flexibility index (Phi) is 8.44. The molecule has 0 spiro atoms. The second kappa shape index (κ2) is 9.12. The number of rotatable bonds is 6. The Labute approximate surface area is 78.3 Å². The van der Waals surface area contributed by atoms with Crippen LogP contribution in [0.3, 0.4) is 0 Å². The fraction of sp³-hybridized carbons (Fsp3) is 0.875. The number of ether oxygens (including phenoxy) is 3. The van der Waals surface area contributed by atoms with Gasteiger partial charge in [-0.3, -0.25) is 0 Å². The summed E-state index contributed by atoms with van der Waals surface area (Å²) >= 11 is 0. The fourth-order valence-electron chi connectivity index (χ4n) is 0.620. The molecule has 0 aliphatic rings. The van der Waals surface area contributed by atoms with Crippen molar-refractivity contribution in [1.29, 1.82) is 0 Å². The Balaban J connectivity index is 3.29. The van der Waals surface area contributed by atoms with E-state index < -0.39 is 0 Å². The van der Waals surface area contributed by atoms with Crippen molar-refractivity contribution < 1.29 is 19.4 Å². The summed E-state index contributed by atoms with van der Waals surface area (Å²) in [4.78, 5) is 0. The summed E-state index contributed by atoms with van der Waals surface area (Å²) in [7, 11) is 0. The Bertz CT molecular complexity index is 138. The van der Waals surface area contributed by atoms with Gasteiger partial charge in [-0.25, -0.2) is 0 Å². The number of hydrogen-bond acceptors (Lipinski definition) is 5. The highest BCUT2D eigenvalue weighted by Crippen LogP contribution is 1.90. The maximum absolute atomic E-state index is 8.34. The molecule has 0 aliphatic heterocycles. The van der Waals surface area contributed by atoms with E-state index in [0.29, 0.717) is 13.2 Å². The highest BCUT2D eigenvalue weighted by molar-refractivity contribution is 5.65. The quantitative estimate of drug-likeness (QED) is 0.173. The molecule has 0 atom stereocenters. The van der Waals surface area contributed by atoms with Crippen LogP contribution in [0, 0.1) is 0 Å². The van der Waals surface area contributed by atoms with Gasteiger partial charge in [0.1, 0.15) is 0 Å². The molecule has 0 unspecified atom stereocenters. The minimum Gasteiger partial charge on any atom is -0.449 e. The molecule has 0 aromatic heterocycles. The van der Waals surface area contributed by atoms with Crippen molar-refractivity contribution in [2.45, 2.75) is 26.7 Å². The summed E-state index contributed by atoms with van der Waals surface area (Å²) in [5, 5.41) is 11.1. The van der Waals surface area contributed by atoms with Gasteiger partial charge in [0.2, 0.25) is 0 Å². The zero-order valence-corrected chi connectivity index (χ0v) is 8.15. The van der Waals surface area contributed by atoms with Crippen molar-refractivity contribution in [3.63, 3.8) is 0 Å². The molecule has 0 saturated heterocycles. The van der Waals surface area contributed by atoms with E-state index in [-0.39, 0.29) is 12.9 Å². The summed E-state index contributed by atoms with van der Waals surface area (Å²) in [6.45, 7) is 4.94. The predicted molar refractivity (Wildman–Crippen MR) is 47.7 cm³/mol. The highest BCUT2D eigenvalue weighted by atomic mass is 16.8. The van der Waals surface area contributed by atoms with Crippen LogP contribution in [-0.4, -0.2) is 31.3 Å². The van der Waals surface area contributed by atoms with Crippen LogP contribution in [0.5, 0.6) is 0 Å². The van der Waals surface area contributed by atoms with E-state index in [2.05, 4.69) is 12.1 Å². The number of oxime groups is 1. The van der Waals surface area contributed by atoms with Gasteiger partial charge in [-0.2, -0.15) is 0 Å². The summed E-state index contributed by atoms with van der Waals surface area (Å²) in [5.41, 5.74) is 0. The lowest BCUT2D eigenvalue weighted by atomic mass is 10.4. The molecular weight excluding hydrogens is 174 g/mol. The van der Waals surface area contributed by atoms with E-state index >= 15 is 0 Å². The third-order valence-electron chi connectivity index (χ3n) is 1.26. The molecule has 13 heavy (non-hydrogen) atoms. The van der Waals surface area contributed by atoms with E-state index in [1.165, 1.54) is 0 Å². The van der Waals surface area contributed by atoms with Gasteiger partial charge in [-0.05, 0) is 18.5 Å². The second-order valence-corrected chi connectivity index (χ2v) is 2.32. The van der Waals surface area contributed by atoms with E-state index in [4.69, 9.17) is 19.4 Å². The topological polar surface area (TPSA) is 60.3 Å². The van der Waals surface area contributed by atoms with E-state index in [0.717, 1.165) is 12.8 Å². The molecule has 5 nitrogen and oxygen atoms in total. The molecule has 0 bridgehead atoms. The van der Waals surface area contributed by atoms with Crippen LogP contribution in [0.4, 0.5) is 0 Å². The number of nitrogens with zero attached hydrogens (tertiary/aromatic N) is 1. The van der Waals surface area contributed by atoms with E-state index in [9.17, 15) is 0 Å². The van der Waals surface area contributed by atoms with Crippen molar-refractivity contribution in [3.8, 4) is 0 Å². The molecule has 0 aliphatic carbocycles. The molecule has 0 rings (SSSR count). The average molecular weight is 191 g/mol. The monoisotopic (exact) mass is 191 g/mol. The standard InChI is InChI=1S/C8H17NO4/c1-3-5-6-11-7-13-8(9-10)12-4-2/h10H,3-7H2,1-2H3. The van der Waals surface area contributed by atoms with Crippen molar-refractivity contribution >= 4 is 6.08 Å². The molecule has 0 aromatic carbocycles. The Morgan fingerprint density at radius 3 is 2.62 bits per heavy atom. The second-order valence-electron chi connectivity index (χ2n) is 2.32. The van der Waals surface area contributed by atoms with Crippen LogP contribution in [0.25, 0.3) is 0 Å². The molecule has 0 radical (unpaired) electrons. The van der Waals surface area contributed by atoms with Crippen LogP contribution in [0.1, 0.15) is 26.7 Å². The minimum atomic E-state index is -0.154. The smallest absolute Gasteiger partial charge is 0.424 e. The molecular formula is C8H17NO4. The highest BCUT2D eigenvalue weighted by Gasteiger charge is 1.99. The molecule has 0 heterocycles. The van der Waals surface area contributed by atoms with Crippen LogP contribution in [-0.2, 0) is 14.2 Å². The maximum atomic E-state index is 8.34. The van der Waals surface area contributed by atoms with E-state index in [1.54, 1.807) is 6.92 Å². The third-order valence-corrected chi connectivity index (χ3v) is 1.26. The average Bonchev–Trinajstić information content (AvgIpc) is 2.16. The first-order valence-electron chi connectivity index (χ1n) is 4.40. The molecule has 0 saturated carbocycles. The van der Waals surface area contributed by atoms with Crippen LogP contribution >= 0.6 is 0 Å². The van der Waals surface area contributed by atoms with Gasteiger partial charge in [0.15, 0.2) is 6.79 Å². The summed E-state index contributed by atoms with van der Waals surface area (Å²) < 4.78 is 14.7. The minimum absolute atomic E-state index is 0.0550. The Hall–Kier alpha value is -0.970. The predicted octanol–water partition coefficient (Wildman–Crippen LogP) is 1.56. The summed E-state index contributed by atoms with van der Waals surface area (Å²) in [6.07, 6.45) is 1.91. The largest absolute Gasteiger partial charge is 0.449 e. The Morgan fingerprint density at radius 1 is 1.31 bits per heavy atom. The third kappa shape index (κ3) is 7.39. The van der Waals surface area contributed by atoms with Gasteiger partial charge in [-0.15, -0.1) is 0 Å². The van der Waals surface area contributed by atoms with Crippen molar-refractivity contribution in [2.75, 3.05) is 20.0 Å². The molecule has 0 fully saturated rings. The fourth-order valence-corrected chi connectivity index (χ4v) is 0.620. The van der Waals surface area contributed by atoms with Gasteiger partial charge in [0, 0.05) is 0 Å². The lowest BCUT2D eigenvalue weighted by molar-refractivity contribution is -0.0177. The lowest BCUT2D eigenvalue weighted by Gasteiger charge is -2.07. The van der Waals surface area contributed by atoms with Gasteiger partial charge < -0.3 is 19.4 Å². The normalized spacial score (nSPS) is 11.4. The zero-order valence-electron chi connectivity index (χ0n) is 8.15. The van der Waals surface area contributed by atoms with Crippen molar-refractivity contribution in [1.82, 2.24) is 0 Å². The first-order valence-corrected chi connectivity index (χ1v) is 4.40. The number of hydrogen-bond donors (Lipinski definition) is 1. The van der Waals surface area contributed by atoms with Gasteiger partial charge in [0.05, 0.1) is 13.2 Å². The lowest BCUT2D eigenvalue weighted by Crippen LogP contribution is -2.12. The molecule has 5 heteroatoms. The van der Waals surface area contributed by atoms with Gasteiger partial charge in [-0.1, -0.05) is 13.3 Å². The van der Waals surface area contributed by atoms with Crippen molar-refractivity contribution in [3.05, 3.63) is 0 Å². The van der Waals surface area contributed by atoms with E-state index in [1.807, 2.05) is 0 Å². The van der Waals surface area contributed by atoms with Crippen molar-refractivity contribution in [2.24, 2.45) is 5.16 Å². The Morgan fingerprint density at radius 2 is 2.08 bits per heavy atom. The molecule has 1 N–H and O–H groups in total. The summed E-state index contributed by atoms with van der Waals surface area (Å²) in [5.74, 6) is 0. The van der Waals surface area contributed by atoms with Gasteiger partial charge >= 0.3 is 6.08 Å². The maximum Gasteiger partial charge on any atom is 0.424 e. The van der Waals surface area contributed by atoms with Crippen LogP contribution < -0.4 is 0 Å². The molecule has 0 amide bonds. The SMILES string of the molecule is CCCCOCOC(=NO)OCC. The van der Waals surface area contributed by atoms with Gasteiger partial charge in [0.25, 0.3) is 0 Å². The first kappa shape index (κ1) is 12.0. The number of unbranched alkanes of at least 4 members (excludes halogenated alkanes) is 1.